The summed E-state index contributed by atoms with van der Waals surface area (Å²) in [7, 11) is -1.06. The maximum Gasteiger partial charge on any atom is 0.306 e. The zero-order chi connectivity index (χ0) is 16.0. The van der Waals surface area contributed by atoms with E-state index in [1.54, 1.807) is 31.2 Å². The molecule has 1 N–H and O–H groups in total. The van der Waals surface area contributed by atoms with Crippen LogP contribution in [0.3, 0.4) is 0 Å². The second-order valence-electron chi connectivity index (χ2n) is 4.51. The van der Waals surface area contributed by atoms with Gasteiger partial charge in [0.05, 0.1) is 13.5 Å². The van der Waals surface area contributed by atoms with E-state index in [4.69, 9.17) is 11.6 Å². The van der Waals surface area contributed by atoms with Gasteiger partial charge in [0.2, 0.25) is 0 Å². The van der Waals surface area contributed by atoms with Crippen molar-refractivity contribution >= 4 is 27.8 Å². The van der Waals surface area contributed by atoms with Crippen LogP contribution in [0.5, 0.6) is 0 Å². The van der Waals surface area contributed by atoms with Gasteiger partial charge in [-0.15, -0.1) is 0 Å². The van der Waals surface area contributed by atoms with Crippen LogP contribution in [-0.2, 0) is 19.7 Å². The normalized spacial score (nSPS) is 13.2. The van der Waals surface area contributed by atoms with Gasteiger partial charge in [-0.25, -0.2) is 0 Å². The summed E-state index contributed by atoms with van der Waals surface area (Å²) in [6.45, 7) is 1.74. The number of nitrogens with zero attached hydrogens (tertiary/aromatic N) is 1. The molecule has 0 saturated carbocycles. The molecule has 118 valence electrons. The van der Waals surface area contributed by atoms with Gasteiger partial charge in [-0.1, -0.05) is 29.8 Å². The fraction of sp³-hybridized carbons (Fsp3) is 0.462. The lowest BCUT2D eigenvalue weighted by Crippen LogP contribution is -2.40. The summed E-state index contributed by atoms with van der Waals surface area (Å²) in [5.41, 5.74) is 0.684. The predicted molar refractivity (Wildman–Crippen MR) is 81.2 cm³/mol. The number of ether oxygens (including phenoxy) is 1. The quantitative estimate of drug-likeness (QED) is 0.770. The summed E-state index contributed by atoms with van der Waals surface area (Å²) in [4.78, 5) is 11.0. The van der Waals surface area contributed by atoms with Crippen LogP contribution < -0.4 is 4.72 Å². The minimum Gasteiger partial charge on any atom is -0.469 e. The Hall–Kier alpha value is -1.15. The van der Waals surface area contributed by atoms with Gasteiger partial charge < -0.3 is 4.74 Å². The molecule has 0 radical (unpaired) electrons. The van der Waals surface area contributed by atoms with Gasteiger partial charge in [-0.3, -0.25) is 4.79 Å². The highest BCUT2D eigenvalue weighted by Gasteiger charge is 2.22. The molecule has 1 unspecified atom stereocenters. The summed E-state index contributed by atoms with van der Waals surface area (Å²) >= 11 is 6.04. The number of hydrogen-bond donors (Lipinski definition) is 1. The Balaban J connectivity index is 2.71. The molecule has 8 heteroatoms. The molecule has 1 aromatic rings. The van der Waals surface area contributed by atoms with Crippen molar-refractivity contribution in [1.82, 2.24) is 9.03 Å². The standard InChI is InChI=1S/C13H19ClN2O4S/c1-10(11-6-4-5-7-12(11)14)15-21(18,19)16(2)9-8-13(17)20-3/h4-7,10,15H,8-9H2,1-3H3. The van der Waals surface area contributed by atoms with Crippen LogP contribution in [0.25, 0.3) is 0 Å². The Labute approximate surface area is 130 Å². The van der Waals surface area contributed by atoms with E-state index in [-0.39, 0.29) is 13.0 Å². The van der Waals surface area contributed by atoms with Crippen molar-refractivity contribution in [3.63, 3.8) is 0 Å². The molecule has 0 heterocycles. The first-order valence-corrected chi connectivity index (χ1v) is 8.14. The van der Waals surface area contributed by atoms with Gasteiger partial charge in [-0.2, -0.15) is 17.4 Å². The average molecular weight is 335 g/mol. The Morgan fingerprint density at radius 2 is 2.05 bits per heavy atom. The largest absolute Gasteiger partial charge is 0.469 e. The number of hydrogen-bond acceptors (Lipinski definition) is 4. The molecule has 0 spiro atoms. The third kappa shape index (κ3) is 5.28. The number of rotatable bonds is 7. The molecule has 0 aliphatic rings. The highest BCUT2D eigenvalue weighted by Crippen LogP contribution is 2.22. The minimum atomic E-state index is -3.71. The molecule has 0 aromatic heterocycles. The van der Waals surface area contributed by atoms with Gasteiger partial charge in [-0.05, 0) is 18.6 Å². The predicted octanol–water partition coefficient (Wildman–Crippen LogP) is 1.73. The van der Waals surface area contributed by atoms with Crippen molar-refractivity contribution in [2.45, 2.75) is 19.4 Å². The minimum absolute atomic E-state index is 0.00557. The zero-order valence-electron chi connectivity index (χ0n) is 12.2. The first kappa shape index (κ1) is 17.9. The molecule has 1 atom stereocenters. The van der Waals surface area contributed by atoms with Crippen LogP contribution >= 0.6 is 11.6 Å². The van der Waals surface area contributed by atoms with Crippen LogP contribution in [0.15, 0.2) is 24.3 Å². The SMILES string of the molecule is COC(=O)CCN(C)S(=O)(=O)NC(C)c1ccccc1Cl. The summed E-state index contributed by atoms with van der Waals surface area (Å²) in [6.07, 6.45) is -0.00557. The smallest absolute Gasteiger partial charge is 0.306 e. The van der Waals surface area contributed by atoms with Crippen molar-refractivity contribution < 1.29 is 17.9 Å². The number of esters is 1. The molecular weight excluding hydrogens is 316 g/mol. The molecule has 1 aromatic carbocycles. The van der Waals surface area contributed by atoms with Gasteiger partial charge in [0, 0.05) is 24.7 Å². The van der Waals surface area contributed by atoms with Crippen molar-refractivity contribution in [2.75, 3.05) is 20.7 Å². The molecule has 0 aliphatic carbocycles. The maximum atomic E-state index is 12.1. The molecular formula is C13H19ClN2O4S. The monoisotopic (exact) mass is 334 g/mol. The number of methoxy groups -OCH3 is 1. The Morgan fingerprint density at radius 1 is 1.43 bits per heavy atom. The van der Waals surface area contributed by atoms with Crippen LogP contribution in [-0.4, -0.2) is 39.4 Å². The van der Waals surface area contributed by atoms with Crippen LogP contribution in [0.1, 0.15) is 24.9 Å². The Kier molecular flexibility index (Phi) is 6.60. The number of halogens is 1. The van der Waals surface area contributed by atoms with Gasteiger partial charge >= 0.3 is 5.97 Å². The lowest BCUT2D eigenvalue weighted by atomic mass is 10.1. The van der Waals surface area contributed by atoms with Crippen molar-refractivity contribution in [3.8, 4) is 0 Å². The summed E-state index contributed by atoms with van der Waals surface area (Å²) in [6, 6.07) is 6.53. The van der Waals surface area contributed by atoms with Crippen LogP contribution in [0.4, 0.5) is 0 Å². The lowest BCUT2D eigenvalue weighted by Gasteiger charge is -2.21. The van der Waals surface area contributed by atoms with E-state index < -0.39 is 22.2 Å². The van der Waals surface area contributed by atoms with Gasteiger partial charge in [0.25, 0.3) is 10.2 Å². The highest BCUT2D eigenvalue weighted by molar-refractivity contribution is 7.87. The number of carbonyl (C=O) groups is 1. The van der Waals surface area contributed by atoms with E-state index in [9.17, 15) is 13.2 Å². The molecule has 0 fully saturated rings. The zero-order valence-corrected chi connectivity index (χ0v) is 13.7. The molecule has 6 nitrogen and oxygen atoms in total. The van der Waals surface area contributed by atoms with E-state index in [1.807, 2.05) is 0 Å². The van der Waals surface area contributed by atoms with Crippen molar-refractivity contribution in [2.24, 2.45) is 0 Å². The first-order valence-electron chi connectivity index (χ1n) is 6.32. The number of nitrogens with one attached hydrogen (secondary N) is 1. The molecule has 0 bridgehead atoms. The van der Waals surface area contributed by atoms with Crippen LogP contribution in [0.2, 0.25) is 5.02 Å². The maximum absolute atomic E-state index is 12.1. The third-order valence-corrected chi connectivity index (χ3v) is 4.97. The van der Waals surface area contributed by atoms with Crippen LogP contribution in [0, 0.1) is 0 Å². The molecule has 1 rings (SSSR count). The fourth-order valence-electron chi connectivity index (χ4n) is 1.67. The van der Waals surface area contributed by atoms with Gasteiger partial charge in [0.15, 0.2) is 0 Å². The molecule has 21 heavy (non-hydrogen) atoms. The molecule has 0 amide bonds. The number of benzene rings is 1. The summed E-state index contributed by atoms with van der Waals surface area (Å²) in [5.74, 6) is -0.462. The Bertz CT molecular complexity index is 592. The molecule has 0 aliphatic heterocycles. The summed E-state index contributed by atoms with van der Waals surface area (Å²) in [5, 5.41) is 0.491. The van der Waals surface area contributed by atoms with E-state index in [0.717, 1.165) is 4.31 Å². The topological polar surface area (TPSA) is 75.7 Å². The lowest BCUT2D eigenvalue weighted by molar-refractivity contribution is -0.140. The van der Waals surface area contributed by atoms with Gasteiger partial charge in [0.1, 0.15) is 0 Å². The molecule has 0 saturated heterocycles. The van der Waals surface area contributed by atoms with E-state index in [1.165, 1.54) is 14.2 Å². The van der Waals surface area contributed by atoms with E-state index in [2.05, 4.69) is 9.46 Å². The Morgan fingerprint density at radius 3 is 2.62 bits per heavy atom. The number of carbonyl (C=O) groups excluding carboxylic acids is 1. The van der Waals surface area contributed by atoms with Crippen molar-refractivity contribution in [3.05, 3.63) is 34.9 Å². The summed E-state index contributed by atoms with van der Waals surface area (Å²) < 4.78 is 32.4. The second kappa shape index (κ2) is 7.74. The van der Waals surface area contributed by atoms with E-state index in [0.29, 0.717) is 10.6 Å². The average Bonchev–Trinajstić information content (AvgIpc) is 2.44. The highest BCUT2D eigenvalue weighted by atomic mass is 35.5. The first-order chi connectivity index (χ1) is 9.77. The fourth-order valence-corrected chi connectivity index (χ4v) is 3.06. The third-order valence-electron chi connectivity index (χ3n) is 2.97. The van der Waals surface area contributed by atoms with Crippen molar-refractivity contribution in [1.29, 1.82) is 0 Å². The second-order valence-corrected chi connectivity index (χ2v) is 6.73. The van der Waals surface area contributed by atoms with E-state index >= 15 is 0 Å².